The van der Waals surface area contributed by atoms with Crippen LogP contribution in [0, 0.1) is 5.82 Å². The average Bonchev–Trinajstić information content (AvgIpc) is 2.62. The molecule has 1 unspecified atom stereocenters. The Balaban J connectivity index is 1.78. The molecule has 5 nitrogen and oxygen atoms in total. The van der Waals surface area contributed by atoms with Crippen LogP contribution in [0.1, 0.15) is 15.9 Å². The van der Waals surface area contributed by atoms with Crippen LogP contribution in [0.3, 0.4) is 0 Å². The third kappa shape index (κ3) is 3.60. The first-order chi connectivity index (χ1) is 11.6. The van der Waals surface area contributed by atoms with Gasteiger partial charge in [-0.05, 0) is 29.8 Å². The van der Waals surface area contributed by atoms with Gasteiger partial charge in [-0.1, -0.05) is 12.1 Å². The van der Waals surface area contributed by atoms with Crippen LogP contribution in [0.15, 0.2) is 48.8 Å². The lowest BCUT2D eigenvalue weighted by molar-refractivity contribution is -0.123. The Kier molecular flexibility index (Phi) is 4.87. The van der Waals surface area contributed by atoms with Gasteiger partial charge in [0.2, 0.25) is 0 Å². The lowest BCUT2D eigenvalue weighted by atomic mass is 9.92. The van der Waals surface area contributed by atoms with Gasteiger partial charge in [0, 0.05) is 30.9 Å². The average molecular weight is 330 g/mol. The third-order valence-corrected chi connectivity index (χ3v) is 4.17. The highest BCUT2D eigenvalue weighted by Crippen LogP contribution is 2.24. The van der Waals surface area contributed by atoms with E-state index in [1.165, 1.54) is 12.1 Å². The Morgan fingerprint density at radius 3 is 2.83 bits per heavy atom. The second kappa shape index (κ2) is 7.07. The van der Waals surface area contributed by atoms with Crippen molar-refractivity contribution in [1.82, 2.24) is 9.88 Å². The molecule has 126 valence electrons. The summed E-state index contributed by atoms with van der Waals surface area (Å²) in [6, 6.07) is 9.52. The fraction of sp³-hybridized carbons (Fsp3) is 0.333. The van der Waals surface area contributed by atoms with E-state index < -0.39 is 5.60 Å². The van der Waals surface area contributed by atoms with E-state index in [0.717, 1.165) is 5.56 Å². The zero-order valence-electron chi connectivity index (χ0n) is 13.2. The smallest absolute Gasteiger partial charge is 0.254 e. The van der Waals surface area contributed by atoms with Gasteiger partial charge >= 0.3 is 0 Å². The highest BCUT2D eigenvalue weighted by Gasteiger charge is 2.38. The summed E-state index contributed by atoms with van der Waals surface area (Å²) in [5, 5.41) is 9.88. The molecule has 1 fully saturated rings. The molecule has 1 saturated heterocycles. The molecular weight excluding hydrogens is 311 g/mol. The molecule has 2 aromatic rings. The number of aliphatic hydroxyl groups is 1. The molecule has 1 aromatic heterocycles. The molecule has 1 amide bonds. The van der Waals surface area contributed by atoms with Crippen LogP contribution in [0.5, 0.6) is 0 Å². The topological polar surface area (TPSA) is 62.7 Å². The number of morpholine rings is 1. The number of aromatic nitrogens is 1. The zero-order valence-corrected chi connectivity index (χ0v) is 13.2. The third-order valence-electron chi connectivity index (χ3n) is 4.17. The van der Waals surface area contributed by atoms with Gasteiger partial charge in [-0.2, -0.15) is 0 Å². The number of halogens is 1. The molecule has 0 aliphatic carbocycles. The van der Waals surface area contributed by atoms with Crippen LogP contribution < -0.4 is 0 Å². The summed E-state index contributed by atoms with van der Waals surface area (Å²) >= 11 is 0. The Labute approximate surface area is 139 Å². The van der Waals surface area contributed by atoms with Gasteiger partial charge < -0.3 is 14.7 Å². The van der Waals surface area contributed by atoms with Gasteiger partial charge in [0.05, 0.1) is 19.8 Å². The number of hydrogen-bond acceptors (Lipinski definition) is 4. The van der Waals surface area contributed by atoms with E-state index in [4.69, 9.17) is 4.74 Å². The van der Waals surface area contributed by atoms with Crippen molar-refractivity contribution in [3.05, 3.63) is 65.7 Å². The predicted octanol–water partition coefficient (Wildman–Crippen LogP) is 1.67. The van der Waals surface area contributed by atoms with Gasteiger partial charge in [0.25, 0.3) is 5.91 Å². The van der Waals surface area contributed by atoms with E-state index in [0.29, 0.717) is 25.1 Å². The quantitative estimate of drug-likeness (QED) is 0.926. The Morgan fingerprint density at radius 2 is 2.12 bits per heavy atom. The molecule has 0 saturated carbocycles. The van der Waals surface area contributed by atoms with Crippen molar-refractivity contribution in [2.45, 2.75) is 12.0 Å². The number of carbonyl (C=O) groups excluding carboxylic acids is 1. The molecule has 1 atom stereocenters. The zero-order chi connectivity index (χ0) is 17.0. The summed E-state index contributed by atoms with van der Waals surface area (Å²) in [5.41, 5.74) is 0.348. The van der Waals surface area contributed by atoms with E-state index in [-0.39, 0.29) is 24.9 Å². The number of pyridine rings is 1. The fourth-order valence-corrected chi connectivity index (χ4v) is 2.97. The second-order valence-electron chi connectivity index (χ2n) is 5.96. The van der Waals surface area contributed by atoms with Gasteiger partial charge in [-0.15, -0.1) is 0 Å². The lowest BCUT2D eigenvalue weighted by Gasteiger charge is -2.42. The molecule has 6 heteroatoms. The molecule has 1 aliphatic heterocycles. The Bertz CT molecular complexity index is 710. The van der Waals surface area contributed by atoms with E-state index in [2.05, 4.69) is 4.98 Å². The first kappa shape index (κ1) is 16.5. The van der Waals surface area contributed by atoms with Crippen LogP contribution in [-0.4, -0.2) is 52.8 Å². The van der Waals surface area contributed by atoms with E-state index in [9.17, 15) is 14.3 Å². The van der Waals surface area contributed by atoms with Crippen LogP contribution in [0.25, 0.3) is 0 Å². The van der Waals surface area contributed by atoms with Gasteiger partial charge in [0.15, 0.2) is 0 Å². The molecule has 1 N–H and O–H groups in total. The molecule has 3 rings (SSSR count). The van der Waals surface area contributed by atoms with Crippen molar-refractivity contribution in [3.8, 4) is 0 Å². The maximum atomic E-state index is 13.4. The number of rotatable bonds is 4. The molecule has 0 radical (unpaired) electrons. The number of benzene rings is 1. The van der Waals surface area contributed by atoms with E-state index in [1.54, 1.807) is 41.6 Å². The summed E-state index contributed by atoms with van der Waals surface area (Å²) in [6.07, 6.45) is 3.47. The molecule has 24 heavy (non-hydrogen) atoms. The second-order valence-corrected chi connectivity index (χ2v) is 5.96. The number of carbonyl (C=O) groups is 1. The van der Waals surface area contributed by atoms with Gasteiger partial charge in [-0.3, -0.25) is 9.78 Å². The number of amides is 1. The van der Waals surface area contributed by atoms with E-state index in [1.807, 2.05) is 0 Å². The minimum absolute atomic E-state index is 0.127. The van der Waals surface area contributed by atoms with Crippen LogP contribution in [0.4, 0.5) is 4.39 Å². The Morgan fingerprint density at radius 1 is 1.33 bits per heavy atom. The largest absolute Gasteiger partial charge is 0.393 e. The molecule has 2 heterocycles. The molecule has 1 aliphatic rings. The monoisotopic (exact) mass is 330 g/mol. The SMILES string of the molecule is O=C(c1ccncc1)N1CCOC(CO)(Cc2cccc(F)c2)C1. The Hall–Kier alpha value is -2.31. The van der Waals surface area contributed by atoms with Crippen molar-refractivity contribution >= 4 is 5.91 Å². The molecular formula is C18H19FN2O3. The predicted molar refractivity (Wildman–Crippen MR) is 86.0 cm³/mol. The van der Waals surface area contributed by atoms with Crippen molar-refractivity contribution in [1.29, 1.82) is 0 Å². The highest BCUT2D eigenvalue weighted by molar-refractivity contribution is 5.94. The number of nitrogens with zero attached hydrogens (tertiary/aromatic N) is 2. The molecule has 0 bridgehead atoms. The minimum Gasteiger partial charge on any atom is -0.393 e. The van der Waals surface area contributed by atoms with E-state index >= 15 is 0 Å². The van der Waals surface area contributed by atoms with Crippen LogP contribution >= 0.6 is 0 Å². The maximum absolute atomic E-state index is 13.4. The summed E-state index contributed by atoms with van der Waals surface area (Å²) in [4.78, 5) is 18.2. The summed E-state index contributed by atoms with van der Waals surface area (Å²) in [5.74, 6) is -0.459. The van der Waals surface area contributed by atoms with Crippen molar-refractivity contribution in [3.63, 3.8) is 0 Å². The van der Waals surface area contributed by atoms with Crippen LogP contribution in [-0.2, 0) is 11.2 Å². The minimum atomic E-state index is -0.922. The summed E-state index contributed by atoms with van der Waals surface area (Å²) < 4.78 is 19.2. The summed E-state index contributed by atoms with van der Waals surface area (Å²) in [6.45, 7) is 0.781. The normalized spacial score (nSPS) is 20.8. The lowest BCUT2D eigenvalue weighted by Crippen LogP contribution is -2.56. The maximum Gasteiger partial charge on any atom is 0.254 e. The van der Waals surface area contributed by atoms with Crippen molar-refractivity contribution < 1.29 is 19.0 Å². The molecule has 1 aromatic carbocycles. The van der Waals surface area contributed by atoms with Crippen molar-refractivity contribution in [2.24, 2.45) is 0 Å². The number of aliphatic hydroxyl groups excluding tert-OH is 1. The number of ether oxygens (including phenoxy) is 1. The van der Waals surface area contributed by atoms with Crippen molar-refractivity contribution in [2.75, 3.05) is 26.3 Å². The highest BCUT2D eigenvalue weighted by atomic mass is 19.1. The first-order valence-corrected chi connectivity index (χ1v) is 7.80. The fourth-order valence-electron chi connectivity index (χ4n) is 2.97. The van der Waals surface area contributed by atoms with Gasteiger partial charge in [0.1, 0.15) is 11.4 Å². The van der Waals surface area contributed by atoms with Crippen LogP contribution in [0.2, 0.25) is 0 Å². The summed E-state index contributed by atoms with van der Waals surface area (Å²) in [7, 11) is 0. The number of hydrogen-bond donors (Lipinski definition) is 1. The molecule has 0 spiro atoms. The standard InChI is InChI=1S/C18H19FN2O3/c19-16-3-1-2-14(10-16)11-18(13-22)12-21(8-9-24-18)17(23)15-4-6-20-7-5-15/h1-7,10,22H,8-9,11-13H2. The van der Waals surface area contributed by atoms with Gasteiger partial charge in [-0.25, -0.2) is 4.39 Å². The first-order valence-electron chi connectivity index (χ1n) is 7.80.